The van der Waals surface area contributed by atoms with Crippen LogP contribution in [0.3, 0.4) is 0 Å². The quantitative estimate of drug-likeness (QED) is 0.502. The van der Waals surface area contributed by atoms with Crippen LogP contribution < -0.4 is 11.5 Å². The zero-order valence-corrected chi connectivity index (χ0v) is 5.31. The lowest BCUT2D eigenvalue weighted by Gasteiger charge is -2.00. The van der Waals surface area contributed by atoms with E-state index in [-0.39, 0.29) is 0 Å². The number of nitrogen functional groups attached to an aromatic ring is 2. The minimum Gasteiger partial charge on any atom is -0.397 e. The summed E-state index contributed by atoms with van der Waals surface area (Å²) in [4.78, 5) is 0. The van der Waals surface area contributed by atoms with Crippen LogP contribution in [0.5, 0.6) is 0 Å². The van der Waals surface area contributed by atoms with Crippen molar-refractivity contribution in [2.45, 2.75) is 6.92 Å². The lowest BCUT2D eigenvalue weighted by Crippen LogP contribution is -1.95. The molecule has 0 aliphatic rings. The predicted molar refractivity (Wildman–Crippen MR) is 38.8 cm³/mol. The van der Waals surface area contributed by atoms with Crippen molar-refractivity contribution in [3.63, 3.8) is 0 Å². The second-order valence-corrected chi connectivity index (χ2v) is 1.97. The van der Waals surface area contributed by atoms with Crippen molar-refractivity contribution in [1.29, 1.82) is 0 Å². The predicted octanol–water partition coefficient (Wildman–Crippen LogP) is 0.960. The zero-order chi connectivity index (χ0) is 6.85. The van der Waals surface area contributed by atoms with E-state index in [1.54, 1.807) is 12.1 Å². The van der Waals surface area contributed by atoms with Crippen LogP contribution >= 0.6 is 0 Å². The maximum atomic E-state index is 5.53. The van der Waals surface area contributed by atoms with Crippen LogP contribution in [0.25, 0.3) is 0 Å². The van der Waals surface area contributed by atoms with Gasteiger partial charge in [0.25, 0.3) is 0 Å². The van der Waals surface area contributed by atoms with Gasteiger partial charge in [-0.1, -0.05) is 6.07 Å². The summed E-state index contributed by atoms with van der Waals surface area (Å²) >= 11 is 0. The van der Waals surface area contributed by atoms with Gasteiger partial charge in [-0.05, 0) is 24.6 Å². The summed E-state index contributed by atoms with van der Waals surface area (Å²) < 4.78 is 0. The van der Waals surface area contributed by atoms with Crippen LogP contribution in [0.15, 0.2) is 12.1 Å². The summed E-state index contributed by atoms with van der Waals surface area (Å²) in [6.07, 6.45) is 0. The third-order valence-corrected chi connectivity index (χ3v) is 1.28. The van der Waals surface area contributed by atoms with Crippen LogP contribution in [0.2, 0.25) is 0 Å². The Morgan fingerprint density at radius 1 is 1.44 bits per heavy atom. The standard InChI is InChI=1S/C7H9N2/c1-5-3-2-4-6(8)7(5)9/h2,4H,8-9H2,1H3. The highest BCUT2D eigenvalue weighted by Gasteiger charge is 1.94. The molecule has 0 fully saturated rings. The molecule has 0 aliphatic carbocycles. The molecule has 0 saturated heterocycles. The summed E-state index contributed by atoms with van der Waals surface area (Å²) in [7, 11) is 0. The van der Waals surface area contributed by atoms with E-state index in [1.807, 2.05) is 6.92 Å². The van der Waals surface area contributed by atoms with Gasteiger partial charge in [0.2, 0.25) is 0 Å². The molecule has 1 aromatic rings. The van der Waals surface area contributed by atoms with E-state index in [4.69, 9.17) is 11.5 Å². The van der Waals surface area contributed by atoms with Gasteiger partial charge in [-0.15, -0.1) is 0 Å². The molecule has 0 unspecified atom stereocenters. The van der Waals surface area contributed by atoms with Crippen LogP contribution in [-0.4, -0.2) is 0 Å². The lowest BCUT2D eigenvalue weighted by atomic mass is 10.2. The average molecular weight is 121 g/mol. The van der Waals surface area contributed by atoms with Crippen molar-refractivity contribution >= 4 is 11.4 Å². The molecule has 0 atom stereocenters. The first-order valence-electron chi connectivity index (χ1n) is 2.74. The van der Waals surface area contributed by atoms with Gasteiger partial charge in [0.15, 0.2) is 0 Å². The summed E-state index contributed by atoms with van der Waals surface area (Å²) in [5.41, 5.74) is 13.2. The van der Waals surface area contributed by atoms with Gasteiger partial charge in [0.05, 0.1) is 11.4 Å². The van der Waals surface area contributed by atoms with E-state index in [0.29, 0.717) is 11.4 Å². The number of benzene rings is 1. The Morgan fingerprint density at radius 2 is 2.11 bits per heavy atom. The largest absolute Gasteiger partial charge is 0.397 e. The molecule has 0 saturated carbocycles. The third-order valence-electron chi connectivity index (χ3n) is 1.28. The molecular formula is C7H9N2. The first-order valence-corrected chi connectivity index (χ1v) is 2.74. The minimum atomic E-state index is 0.631. The molecule has 4 N–H and O–H groups in total. The van der Waals surface area contributed by atoms with E-state index in [9.17, 15) is 0 Å². The fourth-order valence-corrected chi connectivity index (χ4v) is 0.640. The average Bonchev–Trinajstić information content (AvgIpc) is 1.83. The first kappa shape index (κ1) is 5.95. The Balaban J connectivity index is 3.25. The molecule has 1 rings (SSSR count). The number of hydrogen-bond acceptors (Lipinski definition) is 2. The molecule has 0 heterocycles. The Morgan fingerprint density at radius 3 is 2.56 bits per heavy atom. The van der Waals surface area contributed by atoms with Gasteiger partial charge >= 0.3 is 0 Å². The maximum Gasteiger partial charge on any atom is 0.0583 e. The number of anilines is 2. The zero-order valence-electron chi connectivity index (χ0n) is 5.31. The van der Waals surface area contributed by atoms with Gasteiger partial charge in [-0.3, -0.25) is 0 Å². The van der Waals surface area contributed by atoms with E-state index >= 15 is 0 Å². The van der Waals surface area contributed by atoms with Gasteiger partial charge in [0, 0.05) is 0 Å². The number of nitrogens with two attached hydrogens (primary N) is 2. The van der Waals surface area contributed by atoms with Gasteiger partial charge in [-0.25, -0.2) is 0 Å². The Kier molecular flexibility index (Phi) is 1.30. The maximum absolute atomic E-state index is 5.53. The fourth-order valence-electron chi connectivity index (χ4n) is 0.640. The second-order valence-electron chi connectivity index (χ2n) is 1.97. The number of hydrogen-bond donors (Lipinski definition) is 2. The van der Waals surface area contributed by atoms with Crippen molar-refractivity contribution in [1.82, 2.24) is 0 Å². The molecule has 1 aromatic carbocycles. The molecule has 1 radical (unpaired) electrons. The molecule has 2 heteroatoms. The molecule has 0 aliphatic heterocycles. The Labute approximate surface area is 54.5 Å². The van der Waals surface area contributed by atoms with Crippen molar-refractivity contribution in [2.75, 3.05) is 11.5 Å². The van der Waals surface area contributed by atoms with Crippen molar-refractivity contribution in [2.24, 2.45) is 0 Å². The van der Waals surface area contributed by atoms with Gasteiger partial charge in [-0.2, -0.15) is 0 Å². The molecule has 9 heavy (non-hydrogen) atoms. The second kappa shape index (κ2) is 1.97. The van der Waals surface area contributed by atoms with Crippen molar-refractivity contribution in [3.8, 4) is 0 Å². The molecule has 0 amide bonds. The monoisotopic (exact) mass is 121 g/mol. The smallest absolute Gasteiger partial charge is 0.0583 e. The van der Waals surface area contributed by atoms with Crippen molar-refractivity contribution in [3.05, 3.63) is 23.8 Å². The molecule has 2 nitrogen and oxygen atoms in total. The molecule has 0 spiro atoms. The SMILES string of the molecule is Cc1[c]ccc(N)c1N. The summed E-state index contributed by atoms with van der Waals surface area (Å²) in [5, 5.41) is 0. The van der Waals surface area contributed by atoms with E-state index in [2.05, 4.69) is 6.07 Å². The van der Waals surface area contributed by atoms with Gasteiger partial charge in [0.1, 0.15) is 0 Å². The van der Waals surface area contributed by atoms with Crippen LogP contribution in [0.1, 0.15) is 5.56 Å². The molecule has 47 valence electrons. The van der Waals surface area contributed by atoms with Crippen LogP contribution in [-0.2, 0) is 0 Å². The highest BCUT2D eigenvalue weighted by Crippen LogP contribution is 2.16. The molecule has 0 bridgehead atoms. The Hall–Kier alpha value is -1.18. The van der Waals surface area contributed by atoms with Gasteiger partial charge < -0.3 is 11.5 Å². The van der Waals surface area contributed by atoms with E-state index in [0.717, 1.165) is 5.56 Å². The van der Waals surface area contributed by atoms with Crippen molar-refractivity contribution < 1.29 is 0 Å². The highest BCUT2D eigenvalue weighted by atomic mass is 14.7. The summed E-state index contributed by atoms with van der Waals surface area (Å²) in [5.74, 6) is 0. The van der Waals surface area contributed by atoms with Crippen LogP contribution in [0, 0.1) is 13.0 Å². The molecular weight excluding hydrogens is 112 g/mol. The normalized spacial score (nSPS) is 9.44. The fraction of sp³-hybridized carbons (Fsp3) is 0.143. The topological polar surface area (TPSA) is 52.0 Å². The molecule has 0 aromatic heterocycles. The summed E-state index contributed by atoms with van der Waals surface area (Å²) in [6.45, 7) is 1.88. The minimum absolute atomic E-state index is 0.631. The number of rotatable bonds is 0. The van der Waals surface area contributed by atoms with E-state index in [1.165, 1.54) is 0 Å². The van der Waals surface area contributed by atoms with E-state index < -0.39 is 0 Å². The third kappa shape index (κ3) is 0.964. The Bertz CT molecular complexity index is 198. The van der Waals surface area contributed by atoms with Crippen LogP contribution in [0.4, 0.5) is 11.4 Å². The highest BCUT2D eigenvalue weighted by molar-refractivity contribution is 5.66. The summed E-state index contributed by atoms with van der Waals surface area (Å²) in [6, 6.07) is 6.44. The number of aryl methyl sites for hydroxylation is 1. The lowest BCUT2D eigenvalue weighted by molar-refractivity contribution is 1.46. The first-order chi connectivity index (χ1) is 4.22.